The van der Waals surface area contributed by atoms with E-state index >= 15 is 0 Å². The Bertz CT molecular complexity index is 621. The van der Waals surface area contributed by atoms with E-state index in [1.807, 2.05) is 6.92 Å². The Morgan fingerprint density at radius 3 is 2.71 bits per heavy atom. The average Bonchev–Trinajstić information content (AvgIpc) is 2.86. The molecular weight excluding hydrogens is 287 g/mol. The van der Waals surface area contributed by atoms with Crippen molar-refractivity contribution < 1.29 is 18.0 Å². The Morgan fingerprint density at radius 2 is 2.14 bits per heavy atom. The molecule has 2 N–H and O–H groups in total. The summed E-state index contributed by atoms with van der Waals surface area (Å²) in [5, 5.41) is 8.82. The molecule has 0 radical (unpaired) electrons. The number of rotatable bonds is 4. The van der Waals surface area contributed by atoms with Gasteiger partial charge in [0.15, 0.2) is 0 Å². The van der Waals surface area contributed by atoms with Gasteiger partial charge < -0.3 is 0 Å². The van der Waals surface area contributed by atoms with Crippen LogP contribution >= 0.6 is 0 Å². The first-order valence-electron chi connectivity index (χ1n) is 6.16. The largest absolute Gasteiger partial charge is 0.433 e. The molecule has 0 bridgehead atoms. The third-order valence-electron chi connectivity index (χ3n) is 2.56. The van der Waals surface area contributed by atoms with E-state index in [1.165, 1.54) is 0 Å². The highest BCUT2D eigenvalue weighted by molar-refractivity contribution is 6.03. The van der Waals surface area contributed by atoms with E-state index < -0.39 is 17.8 Å². The molecular formula is C12H12F3N5O. The van der Waals surface area contributed by atoms with Crippen molar-refractivity contribution in [1.82, 2.24) is 20.2 Å². The van der Waals surface area contributed by atoms with Crippen LogP contribution in [0.1, 0.15) is 35.2 Å². The van der Waals surface area contributed by atoms with Gasteiger partial charge in [-0.3, -0.25) is 20.2 Å². The molecule has 0 aliphatic rings. The van der Waals surface area contributed by atoms with E-state index in [-0.39, 0.29) is 11.5 Å². The van der Waals surface area contributed by atoms with Gasteiger partial charge in [-0.25, -0.2) is 0 Å². The molecule has 112 valence electrons. The predicted octanol–water partition coefficient (Wildman–Crippen LogP) is 2.42. The highest BCUT2D eigenvalue weighted by Crippen LogP contribution is 2.27. The fourth-order valence-corrected chi connectivity index (χ4v) is 1.57. The molecule has 2 rings (SSSR count). The Kier molecular flexibility index (Phi) is 4.20. The minimum absolute atomic E-state index is 0.00941. The van der Waals surface area contributed by atoms with E-state index in [9.17, 15) is 18.0 Å². The molecule has 0 aromatic carbocycles. The summed E-state index contributed by atoms with van der Waals surface area (Å²) in [6, 6.07) is 1.79. The molecule has 21 heavy (non-hydrogen) atoms. The topological polar surface area (TPSA) is 83.6 Å². The first-order chi connectivity index (χ1) is 9.90. The standard InChI is InChI=1S/C12H12F3N5O/c1-2-3-9-17-11(20-19-9)18-10(21)7-4-5-8(16-6-7)12(13,14)15/h4-6H,2-3H2,1H3,(H2,17,18,19,20,21). The number of carbonyl (C=O) groups is 1. The Balaban J connectivity index is 2.06. The maximum Gasteiger partial charge on any atom is 0.433 e. The monoisotopic (exact) mass is 299 g/mol. The summed E-state index contributed by atoms with van der Waals surface area (Å²) in [6.45, 7) is 1.97. The third-order valence-corrected chi connectivity index (χ3v) is 2.56. The quantitative estimate of drug-likeness (QED) is 0.908. The third kappa shape index (κ3) is 3.77. The SMILES string of the molecule is CCCc1nc(NC(=O)c2ccc(C(F)(F)F)nc2)n[nH]1. The fourth-order valence-electron chi connectivity index (χ4n) is 1.57. The number of aromatic amines is 1. The van der Waals surface area contributed by atoms with Crippen LogP contribution in [0.15, 0.2) is 18.3 Å². The molecule has 1 amide bonds. The first kappa shape index (κ1) is 14.9. The Morgan fingerprint density at radius 1 is 1.38 bits per heavy atom. The summed E-state index contributed by atoms with van der Waals surface area (Å²) < 4.78 is 37.1. The summed E-state index contributed by atoms with van der Waals surface area (Å²) in [6.07, 6.45) is -2.12. The van der Waals surface area contributed by atoms with Gasteiger partial charge in [-0.05, 0) is 18.6 Å². The summed E-state index contributed by atoms with van der Waals surface area (Å²) in [5.41, 5.74) is -1.06. The van der Waals surface area contributed by atoms with Gasteiger partial charge in [-0.15, -0.1) is 5.10 Å². The summed E-state index contributed by atoms with van der Waals surface area (Å²) in [7, 11) is 0. The molecule has 2 aromatic rings. The fraction of sp³-hybridized carbons (Fsp3) is 0.333. The predicted molar refractivity (Wildman–Crippen MR) is 67.6 cm³/mol. The highest BCUT2D eigenvalue weighted by atomic mass is 19.4. The van der Waals surface area contributed by atoms with Crippen LogP contribution in [-0.2, 0) is 12.6 Å². The molecule has 9 heteroatoms. The lowest BCUT2D eigenvalue weighted by Gasteiger charge is -2.06. The van der Waals surface area contributed by atoms with Crippen LogP contribution in [0.2, 0.25) is 0 Å². The van der Waals surface area contributed by atoms with Crippen molar-refractivity contribution in [3.8, 4) is 0 Å². The molecule has 0 aliphatic heterocycles. The molecule has 0 spiro atoms. The van der Waals surface area contributed by atoms with Crippen LogP contribution in [0.4, 0.5) is 19.1 Å². The van der Waals surface area contributed by atoms with Crippen molar-refractivity contribution in [3.05, 3.63) is 35.4 Å². The molecule has 0 fully saturated rings. The molecule has 0 unspecified atom stereocenters. The molecule has 6 nitrogen and oxygen atoms in total. The number of amides is 1. The number of aryl methyl sites for hydroxylation is 1. The van der Waals surface area contributed by atoms with Gasteiger partial charge >= 0.3 is 6.18 Å². The van der Waals surface area contributed by atoms with Crippen molar-refractivity contribution in [2.45, 2.75) is 25.9 Å². The van der Waals surface area contributed by atoms with Gasteiger partial charge in [0.1, 0.15) is 11.5 Å². The van der Waals surface area contributed by atoms with E-state index in [2.05, 4.69) is 25.5 Å². The second kappa shape index (κ2) is 5.90. The van der Waals surface area contributed by atoms with Gasteiger partial charge in [0.05, 0.1) is 5.56 Å². The van der Waals surface area contributed by atoms with E-state index in [0.29, 0.717) is 12.2 Å². The lowest BCUT2D eigenvalue weighted by Crippen LogP contribution is -2.15. The van der Waals surface area contributed by atoms with Crippen molar-refractivity contribution in [1.29, 1.82) is 0 Å². The van der Waals surface area contributed by atoms with Gasteiger partial charge in [-0.1, -0.05) is 6.92 Å². The number of H-pyrrole nitrogens is 1. The van der Waals surface area contributed by atoms with Crippen molar-refractivity contribution in [2.24, 2.45) is 0 Å². The first-order valence-corrected chi connectivity index (χ1v) is 6.16. The minimum atomic E-state index is -4.53. The molecule has 0 atom stereocenters. The lowest BCUT2D eigenvalue weighted by molar-refractivity contribution is -0.141. The summed E-state index contributed by atoms with van der Waals surface area (Å²) >= 11 is 0. The summed E-state index contributed by atoms with van der Waals surface area (Å²) in [4.78, 5) is 19.1. The molecule has 0 saturated carbocycles. The smallest absolute Gasteiger partial charge is 0.289 e. The van der Waals surface area contributed by atoms with Crippen LogP contribution in [0, 0.1) is 0 Å². The van der Waals surface area contributed by atoms with Crippen molar-refractivity contribution in [2.75, 3.05) is 5.32 Å². The molecule has 2 aromatic heterocycles. The average molecular weight is 299 g/mol. The van der Waals surface area contributed by atoms with Gasteiger partial charge in [0.25, 0.3) is 5.91 Å². The zero-order chi connectivity index (χ0) is 15.5. The molecule has 0 saturated heterocycles. The number of carbonyl (C=O) groups excluding carboxylic acids is 1. The maximum absolute atomic E-state index is 12.4. The number of alkyl halides is 3. The highest BCUT2D eigenvalue weighted by Gasteiger charge is 2.32. The number of hydrogen-bond donors (Lipinski definition) is 2. The zero-order valence-corrected chi connectivity index (χ0v) is 11.0. The maximum atomic E-state index is 12.4. The van der Waals surface area contributed by atoms with Crippen LogP contribution in [0.5, 0.6) is 0 Å². The Labute approximate surface area is 117 Å². The van der Waals surface area contributed by atoms with Crippen LogP contribution in [-0.4, -0.2) is 26.1 Å². The van der Waals surface area contributed by atoms with Gasteiger partial charge in [0.2, 0.25) is 5.95 Å². The Hall–Kier alpha value is -2.45. The second-order valence-electron chi connectivity index (χ2n) is 4.24. The minimum Gasteiger partial charge on any atom is -0.289 e. The second-order valence-corrected chi connectivity index (χ2v) is 4.24. The van der Waals surface area contributed by atoms with Crippen LogP contribution in [0.3, 0.4) is 0 Å². The molecule has 2 heterocycles. The van der Waals surface area contributed by atoms with Gasteiger partial charge in [0, 0.05) is 12.6 Å². The molecule has 0 aliphatic carbocycles. The number of halogens is 3. The zero-order valence-electron chi connectivity index (χ0n) is 11.0. The lowest BCUT2D eigenvalue weighted by atomic mass is 10.2. The van der Waals surface area contributed by atoms with Crippen molar-refractivity contribution in [3.63, 3.8) is 0 Å². The van der Waals surface area contributed by atoms with E-state index in [1.54, 1.807) is 0 Å². The number of nitrogens with zero attached hydrogens (tertiary/aromatic N) is 3. The van der Waals surface area contributed by atoms with E-state index in [0.717, 1.165) is 24.8 Å². The van der Waals surface area contributed by atoms with Crippen molar-refractivity contribution >= 4 is 11.9 Å². The number of nitrogens with one attached hydrogen (secondary N) is 2. The number of anilines is 1. The normalized spacial score (nSPS) is 11.4. The number of pyridine rings is 1. The van der Waals surface area contributed by atoms with Crippen LogP contribution in [0.25, 0.3) is 0 Å². The van der Waals surface area contributed by atoms with E-state index in [4.69, 9.17) is 0 Å². The van der Waals surface area contributed by atoms with Crippen LogP contribution < -0.4 is 5.32 Å². The number of hydrogen-bond acceptors (Lipinski definition) is 4. The van der Waals surface area contributed by atoms with Gasteiger partial charge in [-0.2, -0.15) is 18.2 Å². The summed E-state index contributed by atoms with van der Waals surface area (Å²) in [5.74, 6) is 0.0694. The number of aromatic nitrogens is 4.